The Morgan fingerprint density at radius 3 is 2.44 bits per heavy atom. The van der Waals surface area contributed by atoms with Crippen LogP contribution in [0.4, 0.5) is 24.5 Å². The normalized spacial score (nSPS) is 14.9. The first-order chi connectivity index (χ1) is 12.9. The zero-order valence-corrected chi connectivity index (χ0v) is 14.9. The molecule has 2 aromatic carbocycles. The number of anilines is 2. The van der Waals surface area contributed by atoms with E-state index in [0.717, 1.165) is 23.5 Å². The van der Waals surface area contributed by atoms with E-state index < -0.39 is 17.7 Å². The van der Waals surface area contributed by atoms with E-state index in [0.29, 0.717) is 5.17 Å². The van der Waals surface area contributed by atoms with Crippen molar-refractivity contribution < 1.29 is 23.1 Å². The summed E-state index contributed by atoms with van der Waals surface area (Å²) in [6, 6.07) is 14.4. The number of benzene rings is 2. The first-order valence-electron chi connectivity index (χ1n) is 7.99. The quantitative estimate of drug-likeness (QED) is 0.844. The SMILES string of the molecule is O=C(O)CSC1=NCN(c2ccccc2C(F)(F)F)CN1c1ccccc1. The maximum Gasteiger partial charge on any atom is 0.418 e. The third-order valence-electron chi connectivity index (χ3n) is 3.86. The number of hydrogen-bond acceptors (Lipinski definition) is 5. The summed E-state index contributed by atoms with van der Waals surface area (Å²) in [4.78, 5) is 18.5. The van der Waals surface area contributed by atoms with Crippen LogP contribution < -0.4 is 9.80 Å². The first-order valence-corrected chi connectivity index (χ1v) is 8.97. The van der Waals surface area contributed by atoms with Gasteiger partial charge in [0, 0.05) is 5.69 Å². The fourth-order valence-corrected chi connectivity index (χ4v) is 3.42. The average Bonchev–Trinajstić information content (AvgIpc) is 2.66. The fourth-order valence-electron chi connectivity index (χ4n) is 2.70. The number of rotatable bonds is 4. The van der Waals surface area contributed by atoms with Crippen molar-refractivity contribution >= 4 is 34.3 Å². The molecule has 0 aromatic heterocycles. The summed E-state index contributed by atoms with van der Waals surface area (Å²) in [6.45, 7) is 0.140. The van der Waals surface area contributed by atoms with Gasteiger partial charge in [-0.05, 0) is 24.3 Å². The van der Waals surface area contributed by atoms with Gasteiger partial charge in [0.2, 0.25) is 0 Å². The van der Waals surface area contributed by atoms with Crippen LogP contribution in [0.2, 0.25) is 0 Å². The second-order valence-corrected chi connectivity index (χ2v) is 6.67. The van der Waals surface area contributed by atoms with E-state index in [1.165, 1.54) is 17.0 Å². The Kier molecular flexibility index (Phi) is 5.59. The van der Waals surface area contributed by atoms with E-state index in [9.17, 15) is 18.0 Å². The number of hydrogen-bond donors (Lipinski definition) is 1. The number of thioether (sulfide) groups is 1. The first kappa shape index (κ1) is 19.1. The van der Waals surface area contributed by atoms with Gasteiger partial charge < -0.3 is 14.9 Å². The molecule has 27 heavy (non-hydrogen) atoms. The summed E-state index contributed by atoms with van der Waals surface area (Å²) >= 11 is 1.04. The molecule has 1 aliphatic heterocycles. The molecule has 0 atom stereocenters. The van der Waals surface area contributed by atoms with Crippen molar-refractivity contribution in [3.05, 3.63) is 60.2 Å². The summed E-state index contributed by atoms with van der Waals surface area (Å²) in [5.74, 6) is -1.16. The van der Waals surface area contributed by atoms with Crippen molar-refractivity contribution in [3.63, 3.8) is 0 Å². The summed E-state index contributed by atoms with van der Waals surface area (Å²) in [6.07, 6.45) is -4.48. The van der Waals surface area contributed by atoms with Gasteiger partial charge in [-0.3, -0.25) is 4.79 Å². The molecule has 0 bridgehead atoms. The van der Waals surface area contributed by atoms with Gasteiger partial charge in [0.15, 0.2) is 5.17 Å². The van der Waals surface area contributed by atoms with Gasteiger partial charge >= 0.3 is 12.1 Å². The number of aliphatic carboxylic acids is 1. The van der Waals surface area contributed by atoms with Crippen LogP contribution in [0.15, 0.2) is 59.6 Å². The van der Waals surface area contributed by atoms with Gasteiger partial charge in [-0.25, -0.2) is 4.99 Å². The molecule has 0 saturated carbocycles. The zero-order valence-electron chi connectivity index (χ0n) is 14.1. The molecular weight excluding hydrogens is 379 g/mol. The van der Waals surface area contributed by atoms with Gasteiger partial charge in [-0.1, -0.05) is 42.1 Å². The minimum atomic E-state index is -4.48. The summed E-state index contributed by atoms with van der Waals surface area (Å²) in [5.41, 5.74) is 0.0372. The van der Waals surface area contributed by atoms with Crippen molar-refractivity contribution in [1.82, 2.24) is 0 Å². The lowest BCUT2D eigenvalue weighted by molar-refractivity contribution is -0.137. The fraction of sp³-hybridized carbons (Fsp3) is 0.222. The predicted molar refractivity (Wildman–Crippen MR) is 100 cm³/mol. The highest BCUT2D eigenvalue weighted by atomic mass is 32.2. The highest BCUT2D eigenvalue weighted by Crippen LogP contribution is 2.37. The van der Waals surface area contributed by atoms with E-state index in [-0.39, 0.29) is 24.8 Å². The predicted octanol–water partition coefficient (Wildman–Crippen LogP) is 4.12. The molecule has 3 rings (SSSR count). The van der Waals surface area contributed by atoms with Gasteiger partial charge in [-0.15, -0.1) is 0 Å². The number of alkyl halides is 3. The monoisotopic (exact) mass is 395 g/mol. The molecule has 9 heteroatoms. The van der Waals surface area contributed by atoms with Gasteiger partial charge in [-0.2, -0.15) is 13.2 Å². The molecule has 0 spiro atoms. The number of para-hydroxylation sites is 2. The Balaban J connectivity index is 1.94. The van der Waals surface area contributed by atoms with Crippen LogP contribution in [0.3, 0.4) is 0 Å². The van der Waals surface area contributed by atoms with Gasteiger partial charge in [0.05, 0.1) is 23.7 Å². The second kappa shape index (κ2) is 7.91. The molecular formula is C18H16F3N3O2S. The molecule has 0 aliphatic carbocycles. The molecule has 1 N–H and O–H groups in total. The van der Waals surface area contributed by atoms with Crippen LogP contribution >= 0.6 is 11.8 Å². The molecule has 0 radical (unpaired) electrons. The van der Waals surface area contributed by atoms with Crippen molar-refractivity contribution in [2.24, 2.45) is 4.99 Å². The lowest BCUT2D eigenvalue weighted by atomic mass is 10.1. The number of carboxylic acid groups (broad SMARTS) is 1. The van der Waals surface area contributed by atoms with Crippen LogP contribution in [0.25, 0.3) is 0 Å². The topological polar surface area (TPSA) is 56.1 Å². The smallest absolute Gasteiger partial charge is 0.418 e. The summed E-state index contributed by atoms with van der Waals surface area (Å²) in [7, 11) is 0. The van der Waals surface area contributed by atoms with E-state index in [1.807, 2.05) is 6.07 Å². The molecule has 1 heterocycles. The van der Waals surface area contributed by atoms with Crippen LogP contribution in [0.1, 0.15) is 5.56 Å². The molecule has 5 nitrogen and oxygen atoms in total. The molecule has 1 aliphatic rings. The lowest BCUT2D eigenvalue weighted by Gasteiger charge is -2.37. The number of aliphatic imine (C=N–C) groups is 1. The minimum Gasteiger partial charge on any atom is -0.481 e. The van der Waals surface area contributed by atoms with E-state index in [4.69, 9.17) is 5.11 Å². The number of halogens is 3. The largest absolute Gasteiger partial charge is 0.481 e. The Morgan fingerprint density at radius 1 is 1.11 bits per heavy atom. The van der Waals surface area contributed by atoms with Crippen molar-refractivity contribution in [3.8, 4) is 0 Å². The van der Waals surface area contributed by atoms with Crippen LogP contribution in [0.5, 0.6) is 0 Å². The molecule has 0 saturated heterocycles. The van der Waals surface area contributed by atoms with E-state index in [1.54, 1.807) is 35.2 Å². The Morgan fingerprint density at radius 2 is 1.78 bits per heavy atom. The van der Waals surface area contributed by atoms with Crippen molar-refractivity contribution in [2.45, 2.75) is 6.18 Å². The number of amidine groups is 1. The minimum absolute atomic E-state index is 0.0123. The zero-order chi connectivity index (χ0) is 19.4. The summed E-state index contributed by atoms with van der Waals surface area (Å²) in [5, 5.41) is 9.39. The Hall–Kier alpha value is -2.68. The van der Waals surface area contributed by atoms with Crippen molar-refractivity contribution in [1.29, 1.82) is 0 Å². The maximum atomic E-state index is 13.4. The Labute approximate surface area is 158 Å². The van der Waals surface area contributed by atoms with Crippen molar-refractivity contribution in [2.75, 3.05) is 28.9 Å². The standard InChI is InChI=1S/C18H16F3N3O2S/c19-18(20,21)14-8-4-5-9-15(14)23-11-22-17(27-10-16(25)26)24(12-23)13-6-2-1-3-7-13/h1-9H,10-12H2,(H,25,26). The maximum absolute atomic E-state index is 13.4. The number of carbonyl (C=O) groups is 1. The lowest BCUT2D eigenvalue weighted by Crippen LogP contribution is -2.46. The molecule has 2 aromatic rings. The van der Waals surface area contributed by atoms with E-state index >= 15 is 0 Å². The van der Waals surface area contributed by atoms with Crippen LogP contribution in [-0.4, -0.2) is 35.3 Å². The van der Waals surface area contributed by atoms with Gasteiger partial charge in [0.1, 0.15) is 6.67 Å². The van der Waals surface area contributed by atoms with Crippen LogP contribution in [-0.2, 0) is 11.0 Å². The number of carboxylic acids is 1. The Bertz CT molecular complexity index is 843. The second-order valence-electron chi connectivity index (χ2n) is 5.72. The van der Waals surface area contributed by atoms with Crippen LogP contribution in [0, 0.1) is 0 Å². The number of nitrogens with zero attached hydrogens (tertiary/aromatic N) is 3. The molecule has 0 unspecified atom stereocenters. The van der Waals surface area contributed by atoms with E-state index in [2.05, 4.69) is 4.99 Å². The average molecular weight is 395 g/mol. The highest BCUT2D eigenvalue weighted by Gasteiger charge is 2.35. The summed E-state index contributed by atoms with van der Waals surface area (Å²) < 4.78 is 40.1. The third kappa shape index (κ3) is 4.54. The molecule has 0 amide bonds. The van der Waals surface area contributed by atoms with Gasteiger partial charge in [0.25, 0.3) is 0 Å². The molecule has 0 fully saturated rings. The third-order valence-corrected chi connectivity index (χ3v) is 4.86. The highest BCUT2D eigenvalue weighted by molar-refractivity contribution is 8.14. The molecule has 142 valence electrons.